The zero-order valence-corrected chi connectivity index (χ0v) is 25.0. The molecule has 0 atom stereocenters. The number of hydrogen-bond donors (Lipinski definition) is 2. The third-order valence-corrected chi connectivity index (χ3v) is 7.81. The van der Waals surface area contributed by atoms with Crippen LogP contribution in [0, 0.1) is 5.92 Å². The number of alkyl halides is 8. The summed E-state index contributed by atoms with van der Waals surface area (Å²) in [4.78, 5) is 33.6. The van der Waals surface area contributed by atoms with Crippen molar-refractivity contribution >= 4 is 23.0 Å². The van der Waals surface area contributed by atoms with Gasteiger partial charge in [-0.15, -0.1) is 0 Å². The third-order valence-electron chi connectivity index (χ3n) is 7.81. The fraction of sp³-hybridized carbons (Fsp3) is 0.533. The average molecular weight is 664 g/mol. The molecule has 252 valence electrons. The second-order valence-corrected chi connectivity index (χ2v) is 11.2. The number of nitrogens with zero attached hydrogens (tertiary/aromatic N) is 3. The molecule has 1 aliphatic carbocycles. The molecule has 1 aromatic carbocycles. The van der Waals surface area contributed by atoms with Crippen molar-refractivity contribution in [1.82, 2.24) is 25.2 Å². The first-order valence-corrected chi connectivity index (χ1v) is 14.7. The summed E-state index contributed by atoms with van der Waals surface area (Å²) < 4.78 is 113. The summed E-state index contributed by atoms with van der Waals surface area (Å²) in [5.74, 6) is -2.93. The molecule has 0 aliphatic heterocycles. The molecule has 16 heteroatoms. The number of aryl methyl sites for hydroxylation is 1. The summed E-state index contributed by atoms with van der Waals surface area (Å²) in [5, 5.41) is 5.27. The Morgan fingerprint density at radius 1 is 1.04 bits per heavy atom. The van der Waals surface area contributed by atoms with E-state index in [9.17, 15) is 44.7 Å². The maximum atomic E-state index is 13.9. The van der Waals surface area contributed by atoms with Gasteiger partial charge in [0.05, 0.1) is 11.5 Å². The van der Waals surface area contributed by atoms with E-state index in [1.807, 2.05) is 6.92 Å². The van der Waals surface area contributed by atoms with Gasteiger partial charge in [0.15, 0.2) is 12.3 Å². The van der Waals surface area contributed by atoms with Crippen LogP contribution in [0.1, 0.15) is 78.3 Å². The lowest BCUT2D eigenvalue weighted by atomic mass is 9.85. The molecule has 0 unspecified atom stereocenters. The largest absolute Gasteiger partial charge is 0.471 e. The Labute approximate surface area is 258 Å². The maximum Gasteiger partial charge on any atom is 0.416 e. The summed E-state index contributed by atoms with van der Waals surface area (Å²) in [5.41, 5.74) is -0.832. The van der Waals surface area contributed by atoms with Gasteiger partial charge in [-0.1, -0.05) is 19.1 Å². The predicted molar refractivity (Wildman–Crippen MR) is 150 cm³/mol. The number of imidazole rings is 1. The van der Waals surface area contributed by atoms with E-state index in [1.54, 1.807) is 0 Å². The zero-order chi connectivity index (χ0) is 33.8. The summed E-state index contributed by atoms with van der Waals surface area (Å²) in [7, 11) is 1.45. The summed E-state index contributed by atoms with van der Waals surface area (Å²) >= 11 is 0. The SMILES string of the molecule is CCCC(=O)NCc1ccc(C(F)(F)F)c(Cc2nc3cc(C(=O)NC4CCC(C(F)(F)F)CC4)c(OCC(F)F)nc3n2C)c1. The summed E-state index contributed by atoms with van der Waals surface area (Å²) in [6.07, 6.45) is -11.7. The van der Waals surface area contributed by atoms with E-state index in [4.69, 9.17) is 4.74 Å². The molecule has 1 fully saturated rings. The Morgan fingerprint density at radius 3 is 2.35 bits per heavy atom. The van der Waals surface area contributed by atoms with E-state index in [0.717, 1.165) is 6.07 Å². The third kappa shape index (κ3) is 8.63. The van der Waals surface area contributed by atoms with Gasteiger partial charge in [0, 0.05) is 32.5 Å². The highest BCUT2D eigenvalue weighted by molar-refractivity contribution is 5.99. The van der Waals surface area contributed by atoms with E-state index in [-0.39, 0.29) is 79.1 Å². The van der Waals surface area contributed by atoms with Crippen LogP contribution in [0.5, 0.6) is 5.88 Å². The quantitative estimate of drug-likeness (QED) is 0.229. The Kier molecular flexibility index (Phi) is 10.8. The van der Waals surface area contributed by atoms with Crippen molar-refractivity contribution in [2.24, 2.45) is 13.0 Å². The molecule has 2 aromatic heterocycles. The van der Waals surface area contributed by atoms with Gasteiger partial charge in [-0.2, -0.15) is 31.3 Å². The number of carbonyl (C=O) groups is 2. The highest BCUT2D eigenvalue weighted by atomic mass is 19.4. The van der Waals surface area contributed by atoms with Crippen molar-refractivity contribution in [3.8, 4) is 5.88 Å². The first kappa shape index (κ1) is 34.9. The Balaban J connectivity index is 1.64. The Bertz CT molecular complexity index is 1550. The molecule has 2 amide bonds. The van der Waals surface area contributed by atoms with E-state index >= 15 is 0 Å². The number of pyridine rings is 1. The van der Waals surface area contributed by atoms with Crippen molar-refractivity contribution < 1.29 is 49.4 Å². The van der Waals surface area contributed by atoms with Crippen LogP contribution in [0.15, 0.2) is 24.3 Å². The van der Waals surface area contributed by atoms with Gasteiger partial charge in [-0.05, 0) is 55.4 Å². The van der Waals surface area contributed by atoms with Crippen LogP contribution < -0.4 is 15.4 Å². The number of nitrogens with one attached hydrogen (secondary N) is 2. The second-order valence-electron chi connectivity index (χ2n) is 11.2. The number of halogens is 8. The van der Waals surface area contributed by atoms with Gasteiger partial charge in [-0.25, -0.2) is 13.8 Å². The van der Waals surface area contributed by atoms with E-state index in [2.05, 4.69) is 20.6 Å². The number of hydrogen-bond acceptors (Lipinski definition) is 5. The smallest absolute Gasteiger partial charge is 0.416 e. The number of amides is 2. The van der Waals surface area contributed by atoms with E-state index in [1.165, 1.54) is 29.8 Å². The molecule has 0 radical (unpaired) electrons. The number of ether oxygens (including phenoxy) is 1. The number of carbonyl (C=O) groups excluding carboxylic acids is 2. The first-order chi connectivity index (χ1) is 21.6. The molecule has 4 rings (SSSR count). The lowest BCUT2D eigenvalue weighted by Crippen LogP contribution is -2.40. The van der Waals surface area contributed by atoms with Crippen LogP contribution in [0.2, 0.25) is 0 Å². The summed E-state index contributed by atoms with van der Waals surface area (Å²) in [6, 6.07) is 4.09. The van der Waals surface area contributed by atoms with Crippen molar-refractivity contribution in [1.29, 1.82) is 0 Å². The van der Waals surface area contributed by atoms with Crippen LogP contribution >= 0.6 is 0 Å². The second kappa shape index (κ2) is 14.2. The predicted octanol–water partition coefficient (Wildman–Crippen LogP) is 6.49. The van der Waals surface area contributed by atoms with E-state index < -0.39 is 54.7 Å². The van der Waals surface area contributed by atoms with Gasteiger partial charge in [0.2, 0.25) is 11.8 Å². The highest BCUT2D eigenvalue weighted by Gasteiger charge is 2.41. The van der Waals surface area contributed by atoms with Crippen LogP contribution in [0.25, 0.3) is 11.2 Å². The fourth-order valence-electron chi connectivity index (χ4n) is 5.41. The van der Waals surface area contributed by atoms with Crippen molar-refractivity contribution in [3.05, 3.63) is 52.3 Å². The molecule has 0 saturated heterocycles. The molecule has 0 bridgehead atoms. The van der Waals surface area contributed by atoms with Gasteiger partial charge in [0.25, 0.3) is 12.3 Å². The van der Waals surface area contributed by atoms with Crippen molar-refractivity contribution in [2.75, 3.05) is 6.61 Å². The minimum Gasteiger partial charge on any atom is -0.471 e. The lowest BCUT2D eigenvalue weighted by molar-refractivity contribution is -0.182. The Morgan fingerprint density at radius 2 is 1.74 bits per heavy atom. The zero-order valence-electron chi connectivity index (χ0n) is 25.0. The van der Waals surface area contributed by atoms with Crippen molar-refractivity contribution in [3.63, 3.8) is 0 Å². The molecule has 8 nitrogen and oxygen atoms in total. The van der Waals surface area contributed by atoms with Crippen LogP contribution in [0.4, 0.5) is 35.1 Å². The van der Waals surface area contributed by atoms with E-state index in [0.29, 0.717) is 12.0 Å². The minimum absolute atomic E-state index is 0.00916. The van der Waals surface area contributed by atoms with Gasteiger partial charge in [0.1, 0.15) is 16.9 Å². The fourth-order valence-corrected chi connectivity index (χ4v) is 5.41. The van der Waals surface area contributed by atoms with Crippen molar-refractivity contribution in [2.45, 2.75) is 83.2 Å². The van der Waals surface area contributed by atoms with Crippen LogP contribution in [-0.2, 0) is 31.0 Å². The number of aromatic nitrogens is 3. The number of benzene rings is 1. The maximum absolute atomic E-state index is 13.9. The van der Waals surface area contributed by atoms with Gasteiger partial charge >= 0.3 is 12.4 Å². The molecule has 3 aromatic rings. The van der Waals surface area contributed by atoms with Crippen LogP contribution in [0.3, 0.4) is 0 Å². The first-order valence-electron chi connectivity index (χ1n) is 14.7. The molecular weight excluding hydrogens is 630 g/mol. The van der Waals surface area contributed by atoms with Gasteiger partial charge in [-0.3, -0.25) is 9.59 Å². The summed E-state index contributed by atoms with van der Waals surface area (Å²) in [6.45, 7) is 0.711. The van der Waals surface area contributed by atoms with Crippen LogP contribution in [-0.4, -0.2) is 51.6 Å². The topological polar surface area (TPSA) is 98.1 Å². The monoisotopic (exact) mass is 663 g/mol. The number of rotatable bonds is 11. The molecule has 1 aliphatic rings. The number of fused-ring (bicyclic) bond motifs is 1. The molecule has 2 heterocycles. The Hall–Kier alpha value is -3.98. The van der Waals surface area contributed by atoms with Gasteiger partial charge < -0.3 is 19.9 Å². The minimum atomic E-state index is -4.71. The average Bonchev–Trinajstić information content (AvgIpc) is 3.27. The highest BCUT2D eigenvalue weighted by Crippen LogP contribution is 2.38. The normalized spacial score (nSPS) is 17.4. The molecule has 0 spiro atoms. The standard InChI is InChI=1S/C30H33F8N5O3/c1-3-4-25(44)39-14-16-5-10-21(30(36,37)38)17(11-16)12-24-41-22-13-20(28(46-15-23(31)32)42-26(22)43(24)2)27(45)40-19-8-6-18(7-9-19)29(33,34)35/h5,10-11,13,18-19,23H,3-4,6-9,12,14-15H2,1-2H3,(H,39,44)(H,40,45). The lowest BCUT2D eigenvalue weighted by Gasteiger charge is -2.30. The molecule has 1 saturated carbocycles. The molecular formula is C30H33F8N5O3. The molecule has 46 heavy (non-hydrogen) atoms. The molecule has 2 N–H and O–H groups in total.